The van der Waals surface area contributed by atoms with Crippen LogP contribution in [-0.4, -0.2) is 49.9 Å². The molecule has 0 saturated carbocycles. The molecule has 9 nitrogen and oxygen atoms in total. The molecule has 1 amide bonds. The average molecular weight is 397 g/mol. The molecule has 3 rings (SSSR count). The number of hydrazone groups is 1. The number of benzene rings is 2. The summed E-state index contributed by atoms with van der Waals surface area (Å²) in [7, 11) is 0. The molecule has 0 radical (unpaired) electrons. The Morgan fingerprint density at radius 3 is 2.76 bits per heavy atom. The van der Waals surface area contributed by atoms with Crippen LogP contribution in [0, 0.1) is 17.0 Å². The second kappa shape index (κ2) is 9.65. The number of carbonyl (C=O) groups is 1. The van der Waals surface area contributed by atoms with Gasteiger partial charge in [-0.25, -0.2) is 5.43 Å². The van der Waals surface area contributed by atoms with Gasteiger partial charge in [-0.15, -0.1) is 0 Å². The lowest BCUT2D eigenvalue weighted by Crippen LogP contribution is -2.36. The second-order valence-electron chi connectivity index (χ2n) is 6.56. The van der Waals surface area contributed by atoms with E-state index in [0.29, 0.717) is 31.9 Å². The summed E-state index contributed by atoms with van der Waals surface area (Å²) in [6, 6.07) is 12.3. The molecule has 152 valence electrons. The first-order valence-corrected chi connectivity index (χ1v) is 9.27. The van der Waals surface area contributed by atoms with Crippen molar-refractivity contribution in [1.82, 2.24) is 5.43 Å². The summed E-state index contributed by atoms with van der Waals surface area (Å²) in [5, 5.41) is 18.2. The Morgan fingerprint density at radius 1 is 1.28 bits per heavy atom. The summed E-state index contributed by atoms with van der Waals surface area (Å²) in [5.41, 5.74) is 5.71. The smallest absolute Gasteiger partial charge is 0.270 e. The summed E-state index contributed by atoms with van der Waals surface area (Å²) in [6.45, 7) is 4.57. The summed E-state index contributed by atoms with van der Waals surface area (Å²) < 4.78 is 5.36. The summed E-state index contributed by atoms with van der Waals surface area (Å²) in [6.07, 6.45) is 1.43. The van der Waals surface area contributed by atoms with Crippen LogP contribution in [0.1, 0.15) is 11.1 Å². The number of nitrogens with zero attached hydrogens (tertiary/aromatic N) is 3. The number of aryl methyl sites for hydroxylation is 1. The molecule has 1 fully saturated rings. The van der Waals surface area contributed by atoms with Gasteiger partial charge in [-0.2, -0.15) is 5.10 Å². The fourth-order valence-corrected chi connectivity index (χ4v) is 3.01. The van der Waals surface area contributed by atoms with Crippen molar-refractivity contribution < 1.29 is 14.5 Å². The lowest BCUT2D eigenvalue weighted by Gasteiger charge is -2.29. The highest BCUT2D eigenvalue weighted by Gasteiger charge is 2.17. The van der Waals surface area contributed by atoms with Gasteiger partial charge in [-0.3, -0.25) is 14.9 Å². The zero-order valence-corrected chi connectivity index (χ0v) is 16.1. The molecule has 0 aromatic heterocycles. The van der Waals surface area contributed by atoms with Crippen LogP contribution >= 0.6 is 0 Å². The zero-order chi connectivity index (χ0) is 20.6. The minimum Gasteiger partial charge on any atom is -0.378 e. The Hall–Kier alpha value is -3.46. The molecule has 0 aliphatic carbocycles. The molecule has 1 heterocycles. The molecule has 2 aromatic carbocycles. The fourth-order valence-electron chi connectivity index (χ4n) is 3.01. The molecule has 1 aliphatic rings. The molecule has 1 saturated heterocycles. The number of hydrogen-bond acceptors (Lipinski definition) is 7. The number of carbonyl (C=O) groups excluding carboxylic acids is 1. The third-order valence-electron chi connectivity index (χ3n) is 4.55. The van der Waals surface area contributed by atoms with Crippen molar-refractivity contribution in [1.29, 1.82) is 0 Å². The van der Waals surface area contributed by atoms with Gasteiger partial charge in [-0.05, 0) is 24.6 Å². The third-order valence-corrected chi connectivity index (χ3v) is 4.55. The molecular formula is C20H23N5O4. The highest BCUT2D eigenvalue weighted by molar-refractivity contribution is 5.90. The van der Waals surface area contributed by atoms with E-state index in [4.69, 9.17) is 4.74 Å². The minimum atomic E-state index is -0.453. The number of hydrogen-bond donors (Lipinski definition) is 2. The van der Waals surface area contributed by atoms with Crippen molar-refractivity contribution in [3.05, 3.63) is 63.7 Å². The van der Waals surface area contributed by atoms with E-state index >= 15 is 0 Å². The van der Waals surface area contributed by atoms with Crippen molar-refractivity contribution in [2.24, 2.45) is 5.10 Å². The molecule has 29 heavy (non-hydrogen) atoms. The Labute approximate surface area is 168 Å². The number of rotatable bonds is 7. The second-order valence-corrected chi connectivity index (χ2v) is 6.56. The predicted molar refractivity (Wildman–Crippen MR) is 112 cm³/mol. The van der Waals surface area contributed by atoms with Gasteiger partial charge >= 0.3 is 0 Å². The van der Waals surface area contributed by atoms with Crippen LogP contribution in [-0.2, 0) is 9.53 Å². The molecule has 0 bridgehead atoms. The number of amides is 1. The molecule has 0 spiro atoms. The molecule has 2 aromatic rings. The lowest BCUT2D eigenvalue weighted by molar-refractivity contribution is -0.384. The highest BCUT2D eigenvalue weighted by Crippen LogP contribution is 2.25. The Bertz CT molecular complexity index is 909. The van der Waals surface area contributed by atoms with Gasteiger partial charge in [-0.1, -0.05) is 18.2 Å². The number of non-ortho nitro benzene ring substituents is 1. The number of ether oxygens (including phenoxy) is 1. The third kappa shape index (κ3) is 5.52. The van der Waals surface area contributed by atoms with Gasteiger partial charge in [0.2, 0.25) is 0 Å². The van der Waals surface area contributed by atoms with Crippen LogP contribution in [0.3, 0.4) is 0 Å². The van der Waals surface area contributed by atoms with Crippen molar-refractivity contribution in [2.75, 3.05) is 43.1 Å². The summed E-state index contributed by atoms with van der Waals surface area (Å²) in [4.78, 5) is 24.8. The summed E-state index contributed by atoms with van der Waals surface area (Å²) in [5.74, 6) is -0.317. The van der Waals surface area contributed by atoms with Crippen molar-refractivity contribution in [2.45, 2.75) is 6.92 Å². The van der Waals surface area contributed by atoms with E-state index in [9.17, 15) is 14.9 Å². The van der Waals surface area contributed by atoms with Gasteiger partial charge in [0.05, 0.1) is 30.9 Å². The quantitative estimate of drug-likeness (QED) is 0.422. The number of morpholine rings is 1. The first kappa shape index (κ1) is 20.3. The van der Waals surface area contributed by atoms with Gasteiger partial charge in [0.15, 0.2) is 0 Å². The number of nitro groups is 1. The SMILES string of the molecule is Cc1ccccc1NCC(=O)N/N=C\c1cc([N+](=O)[O-])ccc1N1CCOCC1. The zero-order valence-electron chi connectivity index (χ0n) is 16.1. The molecular weight excluding hydrogens is 374 g/mol. The number of anilines is 2. The predicted octanol–water partition coefficient (Wildman–Crippen LogP) is 2.30. The Morgan fingerprint density at radius 2 is 2.03 bits per heavy atom. The molecule has 1 aliphatic heterocycles. The van der Waals surface area contributed by atoms with Gasteiger partial charge in [0, 0.05) is 42.2 Å². The van der Waals surface area contributed by atoms with Crippen LogP contribution in [0.15, 0.2) is 47.6 Å². The topological polar surface area (TPSA) is 109 Å². The van der Waals surface area contributed by atoms with E-state index in [1.807, 2.05) is 31.2 Å². The monoisotopic (exact) mass is 397 g/mol. The molecule has 2 N–H and O–H groups in total. The standard InChI is InChI=1S/C20H23N5O4/c1-15-4-2-3-5-18(15)21-14-20(26)23-22-13-16-12-17(25(27)28)6-7-19(16)24-8-10-29-11-9-24/h2-7,12-13,21H,8-11,14H2,1H3,(H,23,26)/b22-13-. The van der Waals surface area contributed by atoms with Crippen LogP contribution in [0.5, 0.6) is 0 Å². The lowest BCUT2D eigenvalue weighted by atomic mass is 10.1. The number of nitrogens with one attached hydrogen (secondary N) is 2. The van der Waals surface area contributed by atoms with Gasteiger partial charge in [0.25, 0.3) is 11.6 Å². The van der Waals surface area contributed by atoms with E-state index in [1.54, 1.807) is 6.07 Å². The minimum absolute atomic E-state index is 0.0315. The van der Waals surface area contributed by atoms with Crippen LogP contribution in [0.25, 0.3) is 0 Å². The fraction of sp³-hybridized carbons (Fsp3) is 0.300. The van der Waals surface area contributed by atoms with Crippen LogP contribution in [0.2, 0.25) is 0 Å². The van der Waals surface area contributed by atoms with E-state index < -0.39 is 4.92 Å². The van der Waals surface area contributed by atoms with Crippen LogP contribution < -0.4 is 15.6 Å². The molecule has 0 atom stereocenters. The largest absolute Gasteiger partial charge is 0.378 e. The molecule has 0 unspecified atom stereocenters. The van der Waals surface area contributed by atoms with Crippen LogP contribution in [0.4, 0.5) is 17.1 Å². The first-order chi connectivity index (χ1) is 14.0. The van der Waals surface area contributed by atoms with E-state index in [2.05, 4.69) is 20.7 Å². The van der Waals surface area contributed by atoms with Crippen molar-refractivity contribution in [3.63, 3.8) is 0 Å². The maximum absolute atomic E-state index is 12.1. The Kier molecular flexibility index (Phi) is 6.75. The van der Waals surface area contributed by atoms with E-state index in [-0.39, 0.29) is 18.1 Å². The maximum Gasteiger partial charge on any atom is 0.270 e. The van der Waals surface area contributed by atoms with Crippen molar-refractivity contribution in [3.8, 4) is 0 Å². The van der Waals surface area contributed by atoms with Gasteiger partial charge in [0.1, 0.15) is 0 Å². The summed E-state index contributed by atoms with van der Waals surface area (Å²) >= 11 is 0. The number of para-hydroxylation sites is 1. The van der Waals surface area contributed by atoms with E-state index in [0.717, 1.165) is 16.9 Å². The number of nitro benzene ring substituents is 1. The van der Waals surface area contributed by atoms with E-state index in [1.165, 1.54) is 18.3 Å². The normalized spacial score (nSPS) is 14.0. The first-order valence-electron chi connectivity index (χ1n) is 9.27. The average Bonchev–Trinajstić information content (AvgIpc) is 2.73. The Balaban J connectivity index is 1.66. The maximum atomic E-state index is 12.1. The highest BCUT2D eigenvalue weighted by atomic mass is 16.6. The van der Waals surface area contributed by atoms with Crippen molar-refractivity contribution >= 4 is 29.2 Å². The van der Waals surface area contributed by atoms with Gasteiger partial charge < -0.3 is 15.0 Å². The molecule has 9 heteroatoms.